The van der Waals surface area contributed by atoms with Crippen LogP contribution in [0.25, 0.3) is 0 Å². The number of aliphatic hydroxyl groups excluding tert-OH is 1. The molecule has 0 heterocycles. The van der Waals surface area contributed by atoms with Crippen LogP contribution in [0, 0.1) is 0 Å². The molecule has 1 aliphatic carbocycles. The van der Waals surface area contributed by atoms with Gasteiger partial charge in [-0.2, -0.15) is 0 Å². The lowest BCUT2D eigenvalue weighted by molar-refractivity contribution is -0.0113. The standard InChI is InChI=1S/C12H12O6/c13-6-4-7(5-6)18-9-3-1-2-8(11(14)15)10(9)12(16)17/h1-3,6-7,13H,4-5H2,(H,14,15)(H,16,17). The molecule has 0 radical (unpaired) electrons. The summed E-state index contributed by atoms with van der Waals surface area (Å²) in [4.78, 5) is 22.0. The number of rotatable bonds is 4. The molecule has 0 amide bonds. The predicted molar refractivity (Wildman–Crippen MR) is 60.0 cm³/mol. The van der Waals surface area contributed by atoms with Gasteiger partial charge in [-0.15, -0.1) is 0 Å². The predicted octanol–water partition coefficient (Wildman–Crippen LogP) is 0.985. The second-order valence-corrected chi connectivity index (χ2v) is 4.15. The van der Waals surface area contributed by atoms with Gasteiger partial charge in [0.2, 0.25) is 0 Å². The van der Waals surface area contributed by atoms with E-state index in [4.69, 9.17) is 20.1 Å². The highest BCUT2D eigenvalue weighted by atomic mass is 16.5. The molecule has 0 atom stereocenters. The van der Waals surface area contributed by atoms with Crippen molar-refractivity contribution in [3.63, 3.8) is 0 Å². The maximum absolute atomic E-state index is 11.1. The first-order valence-corrected chi connectivity index (χ1v) is 5.43. The third kappa shape index (κ3) is 2.28. The lowest BCUT2D eigenvalue weighted by Gasteiger charge is -2.32. The van der Waals surface area contributed by atoms with Gasteiger partial charge in [-0.1, -0.05) is 6.07 Å². The van der Waals surface area contributed by atoms with E-state index in [1.807, 2.05) is 0 Å². The quantitative estimate of drug-likeness (QED) is 0.738. The van der Waals surface area contributed by atoms with Crippen LogP contribution >= 0.6 is 0 Å². The molecule has 1 aromatic rings. The minimum atomic E-state index is -1.34. The molecule has 1 saturated carbocycles. The lowest BCUT2D eigenvalue weighted by Crippen LogP contribution is -2.37. The van der Waals surface area contributed by atoms with E-state index in [2.05, 4.69) is 0 Å². The number of hydrogen-bond donors (Lipinski definition) is 3. The Balaban J connectivity index is 2.31. The second-order valence-electron chi connectivity index (χ2n) is 4.15. The number of ether oxygens (including phenoxy) is 1. The second kappa shape index (κ2) is 4.66. The number of benzene rings is 1. The van der Waals surface area contributed by atoms with Crippen molar-refractivity contribution >= 4 is 11.9 Å². The van der Waals surface area contributed by atoms with Crippen molar-refractivity contribution in [2.24, 2.45) is 0 Å². The van der Waals surface area contributed by atoms with Crippen LogP contribution in [0.3, 0.4) is 0 Å². The van der Waals surface area contributed by atoms with E-state index < -0.39 is 18.0 Å². The van der Waals surface area contributed by atoms with Crippen molar-refractivity contribution in [1.29, 1.82) is 0 Å². The molecule has 6 heteroatoms. The average molecular weight is 252 g/mol. The van der Waals surface area contributed by atoms with Crippen LogP contribution in [0.4, 0.5) is 0 Å². The molecule has 6 nitrogen and oxygen atoms in total. The Bertz CT molecular complexity index is 489. The summed E-state index contributed by atoms with van der Waals surface area (Å²) in [5.74, 6) is -2.63. The normalized spacial score (nSPS) is 22.1. The van der Waals surface area contributed by atoms with Crippen molar-refractivity contribution in [2.45, 2.75) is 25.0 Å². The van der Waals surface area contributed by atoms with Gasteiger partial charge >= 0.3 is 11.9 Å². The zero-order chi connectivity index (χ0) is 13.3. The summed E-state index contributed by atoms with van der Waals surface area (Å²) in [5, 5.41) is 27.1. The van der Waals surface area contributed by atoms with E-state index in [9.17, 15) is 9.59 Å². The van der Waals surface area contributed by atoms with E-state index in [1.54, 1.807) is 0 Å². The van der Waals surface area contributed by atoms with E-state index in [0.29, 0.717) is 12.8 Å². The van der Waals surface area contributed by atoms with Crippen LogP contribution in [-0.4, -0.2) is 39.5 Å². The van der Waals surface area contributed by atoms with Crippen molar-refractivity contribution in [3.05, 3.63) is 29.3 Å². The Hall–Kier alpha value is -2.08. The number of carboxylic acids is 2. The molecule has 96 valence electrons. The summed E-state index contributed by atoms with van der Waals surface area (Å²) in [6.45, 7) is 0. The van der Waals surface area contributed by atoms with Crippen molar-refractivity contribution in [2.75, 3.05) is 0 Å². The van der Waals surface area contributed by atoms with E-state index in [-0.39, 0.29) is 23.0 Å². The molecule has 1 fully saturated rings. The fraction of sp³-hybridized carbons (Fsp3) is 0.333. The Labute approximate surface area is 102 Å². The van der Waals surface area contributed by atoms with Crippen LogP contribution in [0.1, 0.15) is 33.6 Å². The SMILES string of the molecule is O=C(O)c1cccc(OC2CC(O)C2)c1C(=O)O. The third-order valence-electron chi connectivity index (χ3n) is 2.83. The van der Waals surface area contributed by atoms with Crippen molar-refractivity contribution < 1.29 is 29.6 Å². The molecule has 0 aliphatic heterocycles. The Morgan fingerprint density at radius 3 is 2.33 bits per heavy atom. The fourth-order valence-corrected chi connectivity index (χ4v) is 1.84. The summed E-state index contributed by atoms with van der Waals surface area (Å²) in [6, 6.07) is 4.06. The summed E-state index contributed by atoms with van der Waals surface area (Å²) in [6.07, 6.45) is 0.167. The number of hydrogen-bond acceptors (Lipinski definition) is 4. The van der Waals surface area contributed by atoms with Gasteiger partial charge in [-0.05, 0) is 12.1 Å². The van der Waals surface area contributed by atoms with E-state index in [0.717, 1.165) is 0 Å². The number of carbonyl (C=O) groups is 2. The van der Waals surface area contributed by atoms with Gasteiger partial charge in [0.1, 0.15) is 17.4 Å². The number of aromatic carboxylic acids is 2. The Morgan fingerprint density at radius 1 is 1.17 bits per heavy atom. The fourth-order valence-electron chi connectivity index (χ4n) is 1.84. The van der Waals surface area contributed by atoms with Gasteiger partial charge in [0.05, 0.1) is 11.7 Å². The van der Waals surface area contributed by atoms with E-state index >= 15 is 0 Å². The lowest BCUT2D eigenvalue weighted by atomic mass is 9.92. The van der Waals surface area contributed by atoms with Gasteiger partial charge < -0.3 is 20.1 Å². The van der Waals surface area contributed by atoms with Crippen LogP contribution in [0.5, 0.6) is 5.75 Å². The molecule has 18 heavy (non-hydrogen) atoms. The Morgan fingerprint density at radius 2 is 1.83 bits per heavy atom. The summed E-state index contributed by atoms with van der Waals surface area (Å²) >= 11 is 0. The number of aliphatic hydroxyl groups is 1. The van der Waals surface area contributed by atoms with Gasteiger partial charge in [-0.25, -0.2) is 9.59 Å². The maximum Gasteiger partial charge on any atom is 0.340 e. The molecule has 0 bridgehead atoms. The zero-order valence-corrected chi connectivity index (χ0v) is 9.37. The zero-order valence-electron chi connectivity index (χ0n) is 9.37. The monoisotopic (exact) mass is 252 g/mol. The van der Waals surface area contributed by atoms with Gasteiger partial charge in [0.15, 0.2) is 0 Å². The molecular formula is C12H12O6. The smallest absolute Gasteiger partial charge is 0.340 e. The molecule has 0 aromatic heterocycles. The first-order chi connectivity index (χ1) is 8.49. The maximum atomic E-state index is 11.1. The topological polar surface area (TPSA) is 104 Å². The molecule has 2 rings (SSSR count). The summed E-state index contributed by atoms with van der Waals surface area (Å²) in [5.41, 5.74) is -0.661. The minimum absolute atomic E-state index is 0.0271. The molecule has 3 N–H and O–H groups in total. The summed E-state index contributed by atoms with van der Waals surface area (Å²) in [7, 11) is 0. The van der Waals surface area contributed by atoms with Crippen LogP contribution < -0.4 is 4.74 Å². The third-order valence-corrected chi connectivity index (χ3v) is 2.83. The highest BCUT2D eigenvalue weighted by molar-refractivity contribution is 6.03. The molecule has 0 spiro atoms. The minimum Gasteiger partial charge on any atom is -0.489 e. The first-order valence-electron chi connectivity index (χ1n) is 5.43. The largest absolute Gasteiger partial charge is 0.489 e. The van der Waals surface area contributed by atoms with Crippen molar-refractivity contribution in [1.82, 2.24) is 0 Å². The van der Waals surface area contributed by atoms with Gasteiger partial charge in [-0.3, -0.25) is 0 Å². The molecule has 1 aromatic carbocycles. The highest BCUT2D eigenvalue weighted by Gasteiger charge is 2.31. The van der Waals surface area contributed by atoms with Gasteiger partial charge in [0, 0.05) is 12.8 Å². The van der Waals surface area contributed by atoms with E-state index in [1.165, 1.54) is 18.2 Å². The molecular weight excluding hydrogens is 240 g/mol. The van der Waals surface area contributed by atoms with Crippen LogP contribution in [-0.2, 0) is 0 Å². The van der Waals surface area contributed by atoms with Crippen LogP contribution in [0.2, 0.25) is 0 Å². The first kappa shape index (κ1) is 12.4. The molecule has 0 saturated heterocycles. The van der Waals surface area contributed by atoms with Crippen LogP contribution in [0.15, 0.2) is 18.2 Å². The number of carboxylic acid groups (broad SMARTS) is 2. The molecule has 1 aliphatic rings. The van der Waals surface area contributed by atoms with Gasteiger partial charge in [0.25, 0.3) is 0 Å². The summed E-state index contributed by atoms with van der Waals surface area (Å²) < 4.78 is 5.40. The molecule has 0 unspecified atom stereocenters. The van der Waals surface area contributed by atoms with Crippen molar-refractivity contribution in [3.8, 4) is 5.75 Å². The Kier molecular flexibility index (Phi) is 3.20. The highest BCUT2D eigenvalue weighted by Crippen LogP contribution is 2.29. The average Bonchev–Trinajstić information content (AvgIpc) is 2.26.